The van der Waals surface area contributed by atoms with Gasteiger partial charge in [-0.3, -0.25) is 4.79 Å². The van der Waals surface area contributed by atoms with Crippen LogP contribution in [0.5, 0.6) is 0 Å². The van der Waals surface area contributed by atoms with Gasteiger partial charge in [-0.05, 0) is 46.5 Å². The second-order valence-electron chi connectivity index (χ2n) is 4.67. The topological polar surface area (TPSA) is 66.4 Å². The standard InChI is InChI=1S/C13H13BrFNO3/c14-9-4-3-8(6-10(9)15)12(17)16-11(13(18)19)5-7-1-2-7/h3-4,6-7,11H,1-2,5H2,(H,16,17)(H,18,19)/t11-/m0/s1. The van der Waals surface area contributed by atoms with Crippen molar-refractivity contribution in [2.24, 2.45) is 5.92 Å². The molecule has 0 aromatic heterocycles. The van der Waals surface area contributed by atoms with Crippen LogP contribution in [0.4, 0.5) is 4.39 Å². The van der Waals surface area contributed by atoms with Gasteiger partial charge in [-0.2, -0.15) is 0 Å². The average molecular weight is 330 g/mol. The first-order valence-electron chi connectivity index (χ1n) is 5.96. The Balaban J connectivity index is 2.05. The number of hydrogen-bond acceptors (Lipinski definition) is 2. The molecule has 0 saturated heterocycles. The van der Waals surface area contributed by atoms with Crippen molar-refractivity contribution in [1.82, 2.24) is 5.32 Å². The molecule has 0 bridgehead atoms. The van der Waals surface area contributed by atoms with Gasteiger partial charge in [-0.25, -0.2) is 9.18 Å². The highest BCUT2D eigenvalue weighted by atomic mass is 79.9. The first-order valence-corrected chi connectivity index (χ1v) is 6.75. The fourth-order valence-corrected chi connectivity index (χ4v) is 2.03. The number of carbonyl (C=O) groups excluding carboxylic acids is 1. The summed E-state index contributed by atoms with van der Waals surface area (Å²) in [6.45, 7) is 0. The maximum Gasteiger partial charge on any atom is 0.326 e. The van der Waals surface area contributed by atoms with E-state index in [1.54, 1.807) is 0 Å². The van der Waals surface area contributed by atoms with Crippen LogP contribution >= 0.6 is 15.9 Å². The van der Waals surface area contributed by atoms with Crippen LogP contribution in [0.25, 0.3) is 0 Å². The molecule has 1 aromatic rings. The maximum atomic E-state index is 13.3. The number of benzene rings is 1. The second-order valence-corrected chi connectivity index (χ2v) is 5.53. The van der Waals surface area contributed by atoms with E-state index in [-0.39, 0.29) is 10.0 Å². The van der Waals surface area contributed by atoms with Crippen LogP contribution in [0.3, 0.4) is 0 Å². The number of aliphatic carboxylic acids is 1. The number of carboxylic acid groups (broad SMARTS) is 1. The third-order valence-corrected chi connectivity index (χ3v) is 3.69. The molecule has 1 fully saturated rings. The minimum atomic E-state index is -1.06. The summed E-state index contributed by atoms with van der Waals surface area (Å²) in [5, 5.41) is 11.5. The largest absolute Gasteiger partial charge is 0.480 e. The van der Waals surface area contributed by atoms with Crippen molar-refractivity contribution in [3.8, 4) is 0 Å². The van der Waals surface area contributed by atoms with E-state index in [1.165, 1.54) is 12.1 Å². The molecule has 2 rings (SSSR count). The van der Waals surface area contributed by atoms with Gasteiger partial charge >= 0.3 is 5.97 Å². The normalized spacial score (nSPS) is 15.9. The van der Waals surface area contributed by atoms with Crippen LogP contribution in [-0.2, 0) is 4.79 Å². The number of nitrogens with one attached hydrogen (secondary N) is 1. The van der Waals surface area contributed by atoms with Crippen molar-refractivity contribution < 1.29 is 19.1 Å². The lowest BCUT2D eigenvalue weighted by Crippen LogP contribution is -2.41. The predicted molar refractivity (Wildman–Crippen MR) is 70.3 cm³/mol. The maximum absolute atomic E-state index is 13.3. The summed E-state index contributed by atoms with van der Waals surface area (Å²) in [7, 11) is 0. The fraction of sp³-hybridized carbons (Fsp3) is 0.385. The number of rotatable bonds is 5. The minimum Gasteiger partial charge on any atom is -0.480 e. The highest BCUT2D eigenvalue weighted by Crippen LogP contribution is 2.33. The Bertz CT molecular complexity index is 517. The smallest absolute Gasteiger partial charge is 0.326 e. The molecule has 0 spiro atoms. The molecule has 1 atom stereocenters. The van der Waals surface area contributed by atoms with E-state index < -0.39 is 23.7 Å². The van der Waals surface area contributed by atoms with Gasteiger partial charge in [0.1, 0.15) is 11.9 Å². The summed E-state index contributed by atoms with van der Waals surface area (Å²) in [5.41, 5.74) is 0.114. The first-order chi connectivity index (χ1) is 8.97. The molecule has 1 aliphatic rings. The molecule has 0 radical (unpaired) electrons. The Morgan fingerprint density at radius 1 is 1.47 bits per heavy atom. The van der Waals surface area contributed by atoms with E-state index in [4.69, 9.17) is 5.11 Å². The van der Waals surface area contributed by atoms with Crippen LogP contribution in [0.1, 0.15) is 29.6 Å². The number of carboxylic acids is 1. The van der Waals surface area contributed by atoms with Crippen molar-refractivity contribution in [2.75, 3.05) is 0 Å². The number of hydrogen-bond donors (Lipinski definition) is 2. The van der Waals surface area contributed by atoms with Crippen LogP contribution in [0, 0.1) is 11.7 Å². The molecule has 1 amide bonds. The van der Waals surface area contributed by atoms with Gasteiger partial charge in [0.25, 0.3) is 5.91 Å². The van der Waals surface area contributed by atoms with E-state index in [2.05, 4.69) is 21.2 Å². The van der Waals surface area contributed by atoms with Crippen LogP contribution in [-0.4, -0.2) is 23.0 Å². The van der Waals surface area contributed by atoms with Gasteiger partial charge in [0.2, 0.25) is 0 Å². The Labute approximate surface area is 118 Å². The molecule has 19 heavy (non-hydrogen) atoms. The van der Waals surface area contributed by atoms with E-state index in [1.807, 2.05) is 0 Å². The van der Waals surface area contributed by atoms with Gasteiger partial charge in [-0.1, -0.05) is 12.8 Å². The Morgan fingerprint density at radius 2 is 2.16 bits per heavy atom. The Morgan fingerprint density at radius 3 is 2.68 bits per heavy atom. The van der Waals surface area contributed by atoms with Crippen LogP contribution in [0.2, 0.25) is 0 Å². The lowest BCUT2D eigenvalue weighted by molar-refractivity contribution is -0.139. The fourth-order valence-electron chi connectivity index (χ4n) is 1.79. The zero-order chi connectivity index (χ0) is 14.0. The van der Waals surface area contributed by atoms with Crippen molar-refractivity contribution in [3.05, 3.63) is 34.1 Å². The zero-order valence-electron chi connectivity index (χ0n) is 10.0. The average Bonchev–Trinajstić information content (AvgIpc) is 3.15. The molecule has 4 nitrogen and oxygen atoms in total. The van der Waals surface area contributed by atoms with Gasteiger partial charge in [0.05, 0.1) is 4.47 Å². The summed E-state index contributed by atoms with van der Waals surface area (Å²) < 4.78 is 13.6. The lowest BCUT2D eigenvalue weighted by atomic mass is 10.1. The summed E-state index contributed by atoms with van der Waals surface area (Å²) in [6, 6.07) is 3.03. The lowest BCUT2D eigenvalue weighted by Gasteiger charge is -2.14. The first kappa shape index (κ1) is 14.0. The van der Waals surface area contributed by atoms with Gasteiger partial charge in [0, 0.05) is 5.56 Å². The Kier molecular flexibility index (Phi) is 4.19. The van der Waals surface area contributed by atoms with Crippen LogP contribution < -0.4 is 5.32 Å². The van der Waals surface area contributed by atoms with E-state index in [9.17, 15) is 14.0 Å². The molecular formula is C13H13BrFNO3. The van der Waals surface area contributed by atoms with Gasteiger partial charge < -0.3 is 10.4 Å². The number of halogens is 2. The minimum absolute atomic E-state index is 0.114. The Hall–Kier alpha value is -1.43. The summed E-state index contributed by atoms with van der Waals surface area (Å²) in [6.07, 6.45) is 2.44. The predicted octanol–water partition coefficient (Wildman–Crippen LogP) is 2.57. The molecule has 0 unspecified atom stereocenters. The SMILES string of the molecule is O=C(N[C@@H](CC1CC1)C(=O)O)c1ccc(Br)c(F)c1. The van der Waals surface area contributed by atoms with E-state index in [0.717, 1.165) is 18.9 Å². The molecule has 1 aliphatic carbocycles. The summed E-state index contributed by atoms with van der Waals surface area (Å²) in [5.74, 6) is -1.80. The quantitative estimate of drug-likeness (QED) is 0.872. The number of carbonyl (C=O) groups is 2. The molecule has 0 aliphatic heterocycles. The highest BCUT2D eigenvalue weighted by molar-refractivity contribution is 9.10. The van der Waals surface area contributed by atoms with Crippen molar-refractivity contribution in [3.63, 3.8) is 0 Å². The zero-order valence-corrected chi connectivity index (χ0v) is 11.6. The van der Waals surface area contributed by atoms with Crippen molar-refractivity contribution in [1.29, 1.82) is 0 Å². The van der Waals surface area contributed by atoms with Crippen LogP contribution in [0.15, 0.2) is 22.7 Å². The molecular weight excluding hydrogens is 317 g/mol. The van der Waals surface area contributed by atoms with Gasteiger partial charge in [-0.15, -0.1) is 0 Å². The molecule has 1 aromatic carbocycles. The monoisotopic (exact) mass is 329 g/mol. The molecule has 0 heterocycles. The van der Waals surface area contributed by atoms with E-state index in [0.29, 0.717) is 12.3 Å². The van der Waals surface area contributed by atoms with Crippen molar-refractivity contribution >= 4 is 27.8 Å². The molecule has 1 saturated carbocycles. The highest BCUT2D eigenvalue weighted by Gasteiger charge is 2.30. The second kappa shape index (κ2) is 5.69. The molecule has 102 valence electrons. The van der Waals surface area contributed by atoms with E-state index >= 15 is 0 Å². The van der Waals surface area contributed by atoms with Gasteiger partial charge in [0.15, 0.2) is 0 Å². The third-order valence-electron chi connectivity index (χ3n) is 3.05. The number of amides is 1. The summed E-state index contributed by atoms with van der Waals surface area (Å²) in [4.78, 5) is 22.9. The molecule has 2 N–H and O–H groups in total. The third kappa shape index (κ3) is 3.76. The summed E-state index contributed by atoms with van der Waals surface area (Å²) >= 11 is 2.99. The van der Waals surface area contributed by atoms with Crippen molar-refractivity contribution in [2.45, 2.75) is 25.3 Å². The molecule has 6 heteroatoms.